The predicted octanol–water partition coefficient (Wildman–Crippen LogP) is 3.49. The summed E-state index contributed by atoms with van der Waals surface area (Å²) < 4.78 is 5.54. The molecule has 2 aromatic carbocycles. The second kappa shape index (κ2) is 6.79. The fourth-order valence-electron chi connectivity index (χ4n) is 2.20. The maximum absolute atomic E-state index is 11.1. The SMILES string of the molecule is Cc1cc(C)cc(NCCOc2ccccc2C(=O)O)c1. The summed E-state index contributed by atoms with van der Waals surface area (Å²) in [7, 11) is 0. The van der Waals surface area contributed by atoms with Gasteiger partial charge in [-0.2, -0.15) is 0 Å². The van der Waals surface area contributed by atoms with Crippen molar-refractivity contribution in [1.29, 1.82) is 0 Å². The molecule has 21 heavy (non-hydrogen) atoms. The molecule has 0 spiro atoms. The van der Waals surface area contributed by atoms with Crippen molar-refractivity contribution in [1.82, 2.24) is 0 Å². The van der Waals surface area contributed by atoms with Crippen LogP contribution in [-0.4, -0.2) is 24.2 Å². The van der Waals surface area contributed by atoms with Crippen molar-refractivity contribution in [3.05, 3.63) is 59.2 Å². The molecule has 0 radical (unpaired) electrons. The molecule has 0 aliphatic rings. The van der Waals surface area contributed by atoms with Gasteiger partial charge in [-0.15, -0.1) is 0 Å². The van der Waals surface area contributed by atoms with Gasteiger partial charge in [0.25, 0.3) is 0 Å². The Morgan fingerprint density at radius 1 is 1.14 bits per heavy atom. The number of carboxylic acids is 1. The van der Waals surface area contributed by atoms with Crippen molar-refractivity contribution >= 4 is 11.7 Å². The molecule has 2 rings (SSSR count). The summed E-state index contributed by atoms with van der Waals surface area (Å²) in [6.45, 7) is 5.11. The fraction of sp³-hybridized carbons (Fsp3) is 0.235. The zero-order valence-electron chi connectivity index (χ0n) is 12.2. The zero-order chi connectivity index (χ0) is 15.2. The lowest BCUT2D eigenvalue weighted by Crippen LogP contribution is -2.13. The molecule has 4 nitrogen and oxygen atoms in total. The third kappa shape index (κ3) is 4.24. The number of ether oxygens (including phenoxy) is 1. The van der Waals surface area contributed by atoms with Crippen LogP contribution < -0.4 is 10.1 Å². The van der Waals surface area contributed by atoms with Gasteiger partial charge < -0.3 is 15.2 Å². The Balaban J connectivity index is 1.89. The lowest BCUT2D eigenvalue weighted by atomic mass is 10.1. The molecule has 0 saturated heterocycles. The topological polar surface area (TPSA) is 58.6 Å². The normalized spacial score (nSPS) is 10.2. The van der Waals surface area contributed by atoms with Gasteiger partial charge in [0, 0.05) is 12.2 Å². The monoisotopic (exact) mass is 285 g/mol. The van der Waals surface area contributed by atoms with Gasteiger partial charge in [-0.3, -0.25) is 0 Å². The zero-order valence-corrected chi connectivity index (χ0v) is 12.2. The van der Waals surface area contributed by atoms with E-state index in [-0.39, 0.29) is 5.56 Å². The lowest BCUT2D eigenvalue weighted by molar-refractivity contribution is 0.0692. The van der Waals surface area contributed by atoms with E-state index in [1.807, 2.05) is 0 Å². The smallest absolute Gasteiger partial charge is 0.339 e. The predicted molar refractivity (Wildman–Crippen MR) is 83.3 cm³/mol. The first-order chi connectivity index (χ1) is 10.1. The van der Waals surface area contributed by atoms with Gasteiger partial charge in [0.05, 0.1) is 0 Å². The number of rotatable bonds is 6. The van der Waals surface area contributed by atoms with Crippen molar-refractivity contribution in [2.24, 2.45) is 0 Å². The molecule has 0 fully saturated rings. The van der Waals surface area contributed by atoms with Crippen LogP contribution in [0, 0.1) is 13.8 Å². The molecule has 0 unspecified atom stereocenters. The molecule has 0 atom stereocenters. The summed E-state index contributed by atoms with van der Waals surface area (Å²) >= 11 is 0. The number of aromatic carboxylic acids is 1. The van der Waals surface area contributed by atoms with Crippen molar-refractivity contribution in [3.63, 3.8) is 0 Å². The molecule has 2 N–H and O–H groups in total. The third-order valence-corrected chi connectivity index (χ3v) is 3.03. The van der Waals surface area contributed by atoms with E-state index >= 15 is 0 Å². The van der Waals surface area contributed by atoms with Crippen LogP contribution in [-0.2, 0) is 0 Å². The molecule has 0 aromatic heterocycles. The molecule has 0 aliphatic carbocycles. The Morgan fingerprint density at radius 3 is 2.48 bits per heavy atom. The van der Waals surface area contributed by atoms with E-state index in [0.29, 0.717) is 18.9 Å². The molecule has 0 saturated carbocycles. The summed E-state index contributed by atoms with van der Waals surface area (Å²) in [6, 6.07) is 12.9. The maximum Gasteiger partial charge on any atom is 0.339 e. The minimum Gasteiger partial charge on any atom is -0.491 e. The van der Waals surface area contributed by atoms with Crippen LogP contribution in [0.25, 0.3) is 0 Å². The average Bonchev–Trinajstić information content (AvgIpc) is 2.43. The molecule has 0 heterocycles. The summed E-state index contributed by atoms with van der Waals surface area (Å²) in [5, 5.41) is 12.3. The van der Waals surface area contributed by atoms with Gasteiger partial charge >= 0.3 is 5.97 Å². The largest absolute Gasteiger partial charge is 0.491 e. The molecule has 0 amide bonds. The van der Waals surface area contributed by atoms with E-state index in [1.54, 1.807) is 18.2 Å². The van der Waals surface area contributed by atoms with Gasteiger partial charge in [-0.1, -0.05) is 18.2 Å². The minimum atomic E-state index is -0.979. The van der Waals surface area contributed by atoms with Crippen molar-refractivity contribution in [3.8, 4) is 5.75 Å². The third-order valence-electron chi connectivity index (χ3n) is 3.03. The highest BCUT2D eigenvalue weighted by molar-refractivity contribution is 5.90. The molecular weight excluding hydrogens is 266 g/mol. The Hall–Kier alpha value is -2.49. The second-order valence-electron chi connectivity index (χ2n) is 4.95. The molecule has 110 valence electrons. The minimum absolute atomic E-state index is 0.184. The summed E-state index contributed by atoms with van der Waals surface area (Å²) in [4.78, 5) is 11.1. The van der Waals surface area contributed by atoms with E-state index in [1.165, 1.54) is 17.2 Å². The summed E-state index contributed by atoms with van der Waals surface area (Å²) in [6.07, 6.45) is 0. The van der Waals surface area contributed by atoms with E-state index < -0.39 is 5.97 Å². The molecule has 0 aliphatic heterocycles. The van der Waals surface area contributed by atoms with E-state index in [9.17, 15) is 4.79 Å². The van der Waals surface area contributed by atoms with Crippen molar-refractivity contribution in [2.75, 3.05) is 18.5 Å². The molecule has 2 aromatic rings. The summed E-state index contributed by atoms with van der Waals surface area (Å²) in [5.74, 6) is -0.583. The quantitative estimate of drug-likeness (QED) is 0.798. The highest BCUT2D eigenvalue weighted by Gasteiger charge is 2.09. The maximum atomic E-state index is 11.1. The van der Waals surface area contributed by atoms with E-state index in [2.05, 4.69) is 37.4 Å². The average molecular weight is 285 g/mol. The number of para-hydroxylation sites is 1. The van der Waals surface area contributed by atoms with Crippen LogP contribution in [0.3, 0.4) is 0 Å². The van der Waals surface area contributed by atoms with Crippen LogP contribution in [0.4, 0.5) is 5.69 Å². The highest BCUT2D eigenvalue weighted by atomic mass is 16.5. The van der Waals surface area contributed by atoms with E-state index in [0.717, 1.165) is 5.69 Å². The van der Waals surface area contributed by atoms with E-state index in [4.69, 9.17) is 9.84 Å². The number of hydrogen-bond acceptors (Lipinski definition) is 3. The lowest BCUT2D eigenvalue weighted by Gasteiger charge is -2.11. The summed E-state index contributed by atoms with van der Waals surface area (Å²) in [5.41, 5.74) is 3.64. The fourth-order valence-corrected chi connectivity index (χ4v) is 2.20. The first kappa shape index (κ1) is 14.9. The van der Waals surface area contributed by atoms with Crippen LogP contribution in [0.15, 0.2) is 42.5 Å². The Kier molecular flexibility index (Phi) is 4.82. The molecule has 0 bridgehead atoms. The Labute approximate surface area is 124 Å². The van der Waals surface area contributed by atoms with Gasteiger partial charge in [0.15, 0.2) is 0 Å². The number of carbonyl (C=O) groups is 1. The highest BCUT2D eigenvalue weighted by Crippen LogP contribution is 2.18. The van der Waals surface area contributed by atoms with Crippen LogP contribution in [0.2, 0.25) is 0 Å². The number of benzene rings is 2. The number of nitrogens with one attached hydrogen (secondary N) is 1. The molecular formula is C17H19NO3. The van der Waals surface area contributed by atoms with Gasteiger partial charge in [0.2, 0.25) is 0 Å². The first-order valence-electron chi connectivity index (χ1n) is 6.83. The van der Waals surface area contributed by atoms with Gasteiger partial charge in [-0.05, 0) is 49.2 Å². The van der Waals surface area contributed by atoms with Gasteiger partial charge in [-0.25, -0.2) is 4.79 Å². The number of aryl methyl sites for hydroxylation is 2. The van der Waals surface area contributed by atoms with Crippen LogP contribution >= 0.6 is 0 Å². The van der Waals surface area contributed by atoms with Gasteiger partial charge in [0.1, 0.15) is 17.9 Å². The Bertz CT molecular complexity index is 617. The van der Waals surface area contributed by atoms with Crippen molar-refractivity contribution in [2.45, 2.75) is 13.8 Å². The number of anilines is 1. The second-order valence-corrected chi connectivity index (χ2v) is 4.95. The van der Waals surface area contributed by atoms with Crippen molar-refractivity contribution < 1.29 is 14.6 Å². The molecule has 4 heteroatoms. The number of carboxylic acid groups (broad SMARTS) is 1. The van der Waals surface area contributed by atoms with Crippen LogP contribution in [0.1, 0.15) is 21.5 Å². The Morgan fingerprint density at radius 2 is 1.81 bits per heavy atom. The van der Waals surface area contributed by atoms with Crippen LogP contribution in [0.5, 0.6) is 5.75 Å². The standard InChI is InChI=1S/C17H19NO3/c1-12-9-13(2)11-14(10-12)18-7-8-21-16-6-4-3-5-15(16)17(19)20/h3-6,9-11,18H,7-8H2,1-2H3,(H,19,20). The first-order valence-corrected chi connectivity index (χ1v) is 6.83. The number of hydrogen-bond donors (Lipinski definition) is 2.